The van der Waals surface area contributed by atoms with Crippen LogP contribution in [0.3, 0.4) is 0 Å². The summed E-state index contributed by atoms with van der Waals surface area (Å²) in [5.74, 6) is -5.23. The Kier molecular flexibility index (Phi) is 18.9. The molecule has 3 fully saturated rings. The van der Waals surface area contributed by atoms with Crippen LogP contribution in [0, 0.1) is 40.9 Å². The molecule has 2 aromatic rings. The normalized spacial score (nSPS) is 35.9. The summed E-state index contributed by atoms with van der Waals surface area (Å²) in [5, 5.41) is 43.9. The molecule has 0 radical (unpaired) electrons. The summed E-state index contributed by atoms with van der Waals surface area (Å²) in [7, 11) is -1.49. The lowest BCUT2D eigenvalue weighted by atomic mass is 9.65. The highest BCUT2D eigenvalue weighted by molar-refractivity contribution is 7.90. The summed E-state index contributed by atoms with van der Waals surface area (Å²) in [6, 6.07) is 5.22. The smallest absolute Gasteiger partial charge is 0.316 e. The Balaban J connectivity index is 1.44. The van der Waals surface area contributed by atoms with Crippen LogP contribution in [-0.2, 0) is 51.3 Å². The van der Waals surface area contributed by atoms with E-state index in [-0.39, 0.29) is 48.2 Å². The maximum atomic E-state index is 14.7. The zero-order valence-electron chi connectivity index (χ0n) is 42.0. The van der Waals surface area contributed by atoms with Crippen molar-refractivity contribution in [3.8, 4) is 0 Å². The van der Waals surface area contributed by atoms with E-state index in [0.717, 1.165) is 11.8 Å². The van der Waals surface area contributed by atoms with E-state index >= 15 is 0 Å². The minimum absolute atomic E-state index is 0.113. The highest BCUT2D eigenvalue weighted by Gasteiger charge is 2.52. The standard InChI is InChI=1S/C50H78FN5O11S/c1-12-42-50(9,62)40-18-15-36(28-57)19-21-49(8,25-29(2)43(31(40)4)52-34(7)58)46(32(5)44(59)33(6)47(61)66-42)67-48-45(60)41(23-30(3)65-48)55(10)22-20-37-27-56(54-53-37)38(26-51)24-35-13-16-39(17-14-35)68(11,63)64/h13-14,16-17,27,29-33,36,38,40-42,45-46,48,57,60,62H,12,15,18-26,28H2,1-11H3/b52-43+/t29-,30-,31-,32+,33-,36?,38+,40-,41+,42-,45-,46-,48+,49-,50+/m1/s1. The number of cyclic esters (lactones) is 1. The van der Waals surface area contributed by atoms with Gasteiger partial charge in [-0.2, -0.15) is 0 Å². The van der Waals surface area contributed by atoms with Crippen LogP contribution in [0.25, 0.3) is 0 Å². The zero-order chi connectivity index (χ0) is 50.5. The third-order valence-electron chi connectivity index (χ3n) is 15.4. The van der Waals surface area contributed by atoms with E-state index in [1.165, 1.54) is 30.7 Å². The molecule has 16 nitrogen and oxygen atoms in total. The summed E-state index contributed by atoms with van der Waals surface area (Å²) < 4.78 is 59.2. The second-order valence-corrected chi connectivity index (χ2v) is 22.9. The molecular weight excluding hydrogens is 898 g/mol. The van der Waals surface area contributed by atoms with E-state index in [0.29, 0.717) is 62.9 Å². The number of carbonyl (C=O) groups is 3. The molecule has 5 rings (SSSR count). The summed E-state index contributed by atoms with van der Waals surface area (Å²) in [4.78, 5) is 48.3. The van der Waals surface area contributed by atoms with Crippen LogP contribution in [0.15, 0.2) is 40.4 Å². The van der Waals surface area contributed by atoms with E-state index in [4.69, 9.17) is 14.2 Å². The Morgan fingerprint density at radius 2 is 1.76 bits per heavy atom. The molecule has 1 unspecified atom stereocenters. The maximum Gasteiger partial charge on any atom is 0.316 e. The van der Waals surface area contributed by atoms with Crippen molar-refractivity contribution in [1.29, 1.82) is 0 Å². The molecular formula is C50H78FN5O11S. The Bertz CT molecular complexity index is 2170. The number of ether oxygens (including phenoxy) is 3. The summed E-state index contributed by atoms with van der Waals surface area (Å²) in [6.07, 6.45) is 1.96. The maximum absolute atomic E-state index is 14.7. The van der Waals surface area contributed by atoms with E-state index in [1.807, 2.05) is 46.6 Å². The minimum Gasteiger partial charge on any atom is -0.459 e. The monoisotopic (exact) mass is 976 g/mol. The van der Waals surface area contributed by atoms with Gasteiger partial charge < -0.3 is 34.4 Å². The molecule has 382 valence electrons. The predicted octanol–water partition coefficient (Wildman–Crippen LogP) is 5.54. The van der Waals surface area contributed by atoms with Crippen LogP contribution in [0.2, 0.25) is 0 Å². The number of carbonyl (C=O) groups excluding carboxylic acids is 3. The van der Waals surface area contributed by atoms with Crippen molar-refractivity contribution in [2.45, 2.75) is 173 Å². The number of nitrogens with zero attached hydrogens (tertiary/aromatic N) is 5. The van der Waals surface area contributed by atoms with E-state index < -0.39 is 99.6 Å². The highest BCUT2D eigenvalue weighted by atomic mass is 32.2. The molecule has 1 amide bonds. The lowest BCUT2D eigenvalue weighted by Crippen LogP contribution is -2.58. The summed E-state index contributed by atoms with van der Waals surface area (Å²) >= 11 is 0. The molecule has 1 aromatic carbocycles. The van der Waals surface area contributed by atoms with Crippen LogP contribution in [0.4, 0.5) is 4.39 Å². The van der Waals surface area contributed by atoms with Crippen LogP contribution in [0.1, 0.15) is 125 Å². The number of halogens is 1. The summed E-state index contributed by atoms with van der Waals surface area (Å²) in [6.45, 7) is 15.6. The number of amides is 1. The first-order valence-corrected chi connectivity index (χ1v) is 26.3. The van der Waals surface area contributed by atoms with Gasteiger partial charge in [0.25, 0.3) is 0 Å². The van der Waals surface area contributed by atoms with Crippen molar-refractivity contribution in [3.05, 3.63) is 41.7 Å². The largest absolute Gasteiger partial charge is 0.459 e. The topological polar surface area (TPSA) is 220 Å². The number of ketones is 1. The molecule has 2 bridgehead atoms. The van der Waals surface area contributed by atoms with Crippen LogP contribution >= 0.6 is 0 Å². The van der Waals surface area contributed by atoms with Gasteiger partial charge in [0, 0.05) is 62.5 Å². The van der Waals surface area contributed by atoms with E-state index in [2.05, 4.69) is 15.3 Å². The van der Waals surface area contributed by atoms with Gasteiger partial charge in [-0.1, -0.05) is 52.0 Å². The SMILES string of the molecule is CC[C@H]1OC(=O)[C@H](C)C(=O)[C@H](C)[C@@H](O[C@@H]2O[C@H](C)C[C@H](N(C)CCc3cn([C@H](CF)Cc4ccc(S(C)(=O)=O)cc4)nn3)[C@H]2O)[C@]2(C)CCC(CO)CC[C@H]([C@@H](C)/C(=N/C(C)=O)[C@H](C)C2)[C@]1(C)O. The number of benzene rings is 1. The first kappa shape index (κ1) is 55.4. The van der Waals surface area contributed by atoms with Crippen molar-refractivity contribution in [3.63, 3.8) is 0 Å². The van der Waals surface area contributed by atoms with Crippen LogP contribution < -0.4 is 0 Å². The molecule has 3 heterocycles. The number of hydrogen-bond donors (Lipinski definition) is 3. The number of sulfone groups is 1. The second kappa shape index (κ2) is 23.1. The Hall–Kier alpha value is -3.52. The molecule has 15 atom stereocenters. The van der Waals surface area contributed by atoms with Crippen molar-refractivity contribution >= 4 is 33.2 Å². The summed E-state index contributed by atoms with van der Waals surface area (Å²) in [5.41, 5.74) is -0.487. The Morgan fingerprint density at radius 1 is 1.09 bits per heavy atom. The highest BCUT2D eigenvalue weighted by Crippen LogP contribution is 2.47. The van der Waals surface area contributed by atoms with Gasteiger partial charge >= 0.3 is 5.97 Å². The number of aliphatic hydroxyl groups excluding tert-OH is 2. The zero-order valence-corrected chi connectivity index (χ0v) is 42.8. The fraction of sp³-hybridized carbons (Fsp3) is 0.760. The molecule has 18 heteroatoms. The minimum atomic E-state index is -3.37. The fourth-order valence-corrected chi connectivity index (χ4v) is 12.0. The van der Waals surface area contributed by atoms with E-state index in [1.54, 1.807) is 32.2 Å². The van der Waals surface area contributed by atoms with Gasteiger partial charge in [0.15, 0.2) is 21.9 Å². The van der Waals surface area contributed by atoms with Crippen molar-refractivity contribution in [1.82, 2.24) is 19.9 Å². The van der Waals surface area contributed by atoms with Gasteiger partial charge in [-0.3, -0.25) is 14.4 Å². The number of rotatable bonds is 13. The lowest BCUT2D eigenvalue weighted by Gasteiger charge is -2.48. The number of hydrogen-bond acceptors (Lipinski definition) is 14. The third kappa shape index (κ3) is 13.1. The van der Waals surface area contributed by atoms with Crippen molar-refractivity contribution in [2.75, 3.05) is 33.1 Å². The first-order valence-electron chi connectivity index (χ1n) is 24.5. The molecule has 1 aromatic heterocycles. The molecule has 1 aliphatic carbocycles. The Labute approximate surface area is 402 Å². The van der Waals surface area contributed by atoms with Gasteiger partial charge in [0.2, 0.25) is 5.91 Å². The molecule has 68 heavy (non-hydrogen) atoms. The second-order valence-electron chi connectivity index (χ2n) is 20.9. The van der Waals surface area contributed by atoms with Crippen LogP contribution in [0.5, 0.6) is 0 Å². The third-order valence-corrected chi connectivity index (χ3v) is 16.5. The fourth-order valence-electron chi connectivity index (χ4n) is 11.3. The van der Waals surface area contributed by atoms with Crippen molar-refractivity contribution in [2.24, 2.45) is 45.9 Å². The average molecular weight is 976 g/mol. The molecule has 2 saturated heterocycles. The number of fused-ring (bicyclic) bond motifs is 5. The number of Topliss-reactive ketones (excluding diaryl/α,β-unsaturated/α-hetero) is 1. The van der Waals surface area contributed by atoms with Gasteiger partial charge in [0.05, 0.1) is 28.8 Å². The Morgan fingerprint density at radius 3 is 2.37 bits per heavy atom. The number of aliphatic hydroxyl groups is 3. The molecule has 1 saturated carbocycles. The van der Waals surface area contributed by atoms with Gasteiger partial charge in [-0.25, -0.2) is 22.5 Å². The predicted molar refractivity (Wildman–Crippen MR) is 254 cm³/mol. The van der Waals surface area contributed by atoms with Gasteiger partial charge in [-0.15, -0.1) is 5.10 Å². The average Bonchev–Trinajstić information content (AvgIpc) is 3.76. The number of alkyl halides is 1. The molecule has 3 N–H and O–H groups in total. The number of likely N-dealkylation sites (N-methyl/N-ethyl adjacent to an activating group) is 1. The number of esters is 1. The van der Waals surface area contributed by atoms with E-state index in [9.17, 15) is 42.5 Å². The molecule has 0 spiro atoms. The van der Waals surface area contributed by atoms with Gasteiger partial charge in [-0.05, 0) is 120 Å². The molecule has 2 aliphatic heterocycles. The first-order chi connectivity index (χ1) is 31.8. The lowest BCUT2D eigenvalue weighted by molar-refractivity contribution is -0.287. The van der Waals surface area contributed by atoms with Gasteiger partial charge in [0.1, 0.15) is 30.4 Å². The molecule has 3 aliphatic rings. The number of aliphatic imine (C=N–C) groups is 1. The quantitative estimate of drug-likeness (QED) is 0.166. The van der Waals surface area contributed by atoms with Crippen molar-refractivity contribution < 1.29 is 56.7 Å². The number of aromatic nitrogens is 3. The van der Waals surface area contributed by atoms with Crippen LogP contribution in [-0.4, -0.2) is 142 Å².